The topological polar surface area (TPSA) is 9.23 Å². The Kier molecular flexibility index (Phi) is 2.90. The highest BCUT2D eigenvalue weighted by Gasteiger charge is 2.15. The third-order valence-electron chi connectivity index (χ3n) is 3.67. The van der Waals surface area contributed by atoms with Crippen LogP contribution in [0.15, 0.2) is 42.0 Å². The molecule has 1 aliphatic carbocycles. The Balaban J connectivity index is 2.14. The first kappa shape index (κ1) is 12.0. The molecule has 2 aromatic carbocycles. The van der Waals surface area contributed by atoms with Crippen LogP contribution in [0.4, 0.5) is 0 Å². The molecular formula is C18H18O. The molecule has 1 nitrogen and oxygen atoms in total. The van der Waals surface area contributed by atoms with E-state index in [1.807, 2.05) is 12.1 Å². The average Bonchev–Trinajstić information content (AvgIpc) is 2.78. The first-order valence-corrected chi connectivity index (χ1v) is 6.62. The van der Waals surface area contributed by atoms with Crippen LogP contribution in [0.1, 0.15) is 23.6 Å². The van der Waals surface area contributed by atoms with Crippen LogP contribution in [0.5, 0.6) is 5.75 Å². The summed E-state index contributed by atoms with van der Waals surface area (Å²) < 4.78 is 5.23. The Morgan fingerprint density at radius 1 is 1.00 bits per heavy atom. The van der Waals surface area contributed by atoms with Crippen LogP contribution in [0.25, 0.3) is 17.2 Å². The first-order chi connectivity index (χ1) is 9.17. The van der Waals surface area contributed by atoms with Crippen molar-refractivity contribution in [1.29, 1.82) is 0 Å². The third-order valence-corrected chi connectivity index (χ3v) is 3.67. The zero-order chi connectivity index (χ0) is 13.4. The van der Waals surface area contributed by atoms with Gasteiger partial charge in [0.1, 0.15) is 5.75 Å². The Morgan fingerprint density at radius 2 is 1.74 bits per heavy atom. The molecule has 0 heterocycles. The molecule has 0 saturated heterocycles. The lowest BCUT2D eigenvalue weighted by Crippen LogP contribution is -1.90. The summed E-state index contributed by atoms with van der Waals surface area (Å²) in [7, 11) is 1.70. The van der Waals surface area contributed by atoms with Crippen molar-refractivity contribution in [2.24, 2.45) is 0 Å². The normalized spacial score (nSPS) is 13.1. The maximum atomic E-state index is 5.23. The van der Waals surface area contributed by atoms with Gasteiger partial charge in [-0.3, -0.25) is 0 Å². The first-order valence-electron chi connectivity index (χ1n) is 6.62. The Hall–Kier alpha value is -2.02. The lowest BCUT2D eigenvalue weighted by atomic mass is 9.95. The second-order valence-corrected chi connectivity index (χ2v) is 5.28. The predicted octanol–water partition coefficient (Wildman–Crippen LogP) is 4.63. The van der Waals surface area contributed by atoms with Crippen LogP contribution in [-0.2, 0) is 6.42 Å². The standard InChI is InChI=1S/C18H18O/c1-12-8-15-9-13(2)11-18(15)17(10-12)14-4-6-16(19-3)7-5-14/h4-8,10-11H,9H2,1-3H3. The van der Waals surface area contributed by atoms with E-state index in [4.69, 9.17) is 4.74 Å². The molecule has 1 aliphatic rings. The molecule has 0 spiro atoms. The molecule has 0 fully saturated rings. The van der Waals surface area contributed by atoms with E-state index in [0.29, 0.717) is 0 Å². The van der Waals surface area contributed by atoms with Gasteiger partial charge in [0.2, 0.25) is 0 Å². The van der Waals surface area contributed by atoms with Gasteiger partial charge in [0.05, 0.1) is 7.11 Å². The van der Waals surface area contributed by atoms with Gasteiger partial charge in [-0.05, 0) is 54.7 Å². The summed E-state index contributed by atoms with van der Waals surface area (Å²) in [5.41, 5.74) is 8.18. The van der Waals surface area contributed by atoms with E-state index in [1.54, 1.807) is 7.11 Å². The molecule has 3 rings (SSSR count). The monoisotopic (exact) mass is 250 g/mol. The van der Waals surface area contributed by atoms with Gasteiger partial charge in [-0.2, -0.15) is 0 Å². The van der Waals surface area contributed by atoms with E-state index >= 15 is 0 Å². The number of allylic oxidation sites excluding steroid dienone is 1. The van der Waals surface area contributed by atoms with Gasteiger partial charge >= 0.3 is 0 Å². The summed E-state index contributed by atoms with van der Waals surface area (Å²) in [5, 5.41) is 0. The molecular weight excluding hydrogens is 232 g/mol. The number of benzene rings is 2. The molecule has 0 saturated carbocycles. The molecule has 0 bridgehead atoms. The van der Waals surface area contributed by atoms with Gasteiger partial charge in [-0.1, -0.05) is 41.5 Å². The fraction of sp³-hybridized carbons (Fsp3) is 0.222. The van der Waals surface area contributed by atoms with Gasteiger partial charge in [0.25, 0.3) is 0 Å². The fourth-order valence-electron chi connectivity index (χ4n) is 2.80. The van der Waals surface area contributed by atoms with Crippen molar-refractivity contribution in [3.8, 4) is 16.9 Å². The Bertz CT molecular complexity index is 648. The molecule has 96 valence electrons. The minimum Gasteiger partial charge on any atom is -0.497 e. The van der Waals surface area contributed by atoms with Crippen molar-refractivity contribution in [2.45, 2.75) is 20.3 Å². The van der Waals surface area contributed by atoms with E-state index in [1.165, 1.54) is 33.4 Å². The fourth-order valence-corrected chi connectivity index (χ4v) is 2.80. The summed E-state index contributed by atoms with van der Waals surface area (Å²) in [4.78, 5) is 0. The van der Waals surface area contributed by atoms with Crippen LogP contribution in [0.3, 0.4) is 0 Å². The number of rotatable bonds is 2. The maximum absolute atomic E-state index is 5.23. The number of hydrogen-bond donors (Lipinski definition) is 0. The molecule has 2 aromatic rings. The largest absolute Gasteiger partial charge is 0.497 e. The van der Waals surface area contributed by atoms with Crippen molar-refractivity contribution in [2.75, 3.05) is 7.11 Å². The van der Waals surface area contributed by atoms with Crippen LogP contribution in [-0.4, -0.2) is 7.11 Å². The molecule has 0 atom stereocenters. The SMILES string of the molecule is COc1ccc(-c2cc(C)cc3c2C=C(C)C3)cc1. The van der Waals surface area contributed by atoms with Crippen molar-refractivity contribution in [3.63, 3.8) is 0 Å². The number of fused-ring (bicyclic) bond motifs is 1. The van der Waals surface area contributed by atoms with Crippen LogP contribution in [0, 0.1) is 6.92 Å². The summed E-state index contributed by atoms with van der Waals surface area (Å²) in [5.74, 6) is 0.903. The molecule has 1 heteroatoms. The van der Waals surface area contributed by atoms with Gasteiger partial charge in [-0.15, -0.1) is 0 Å². The van der Waals surface area contributed by atoms with Crippen LogP contribution < -0.4 is 4.74 Å². The Labute approximate surface area is 114 Å². The highest BCUT2D eigenvalue weighted by Crippen LogP contribution is 2.35. The predicted molar refractivity (Wildman–Crippen MR) is 80.5 cm³/mol. The molecule has 0 N–H and O–H groups in total. The summed E-state index contributed by atoms with van der Waals surface area (Å²) in [6.45, 7) is 4.37. The highest BCUT2D eigenvalue weighted by molar-refractivity contribution is 5.81. The summed E-state index contributed by atoms with van der Waals surface area (Å²) in [6, 6.07) is 12.9. The molecule has 0 amide bonds. The van der Waals surface area contributed by atoms with Gasteiger partial charge in [0.15, 0.2) is 0 Å². The molecule has 0 aromatic heterocycles. The third kappa shape index (κ3) is 2.17. The second-order valence-electron chi connectivity index (χ2n) is 5.28. The van der Waals surface area contributed by atoms with Gasteiger partial charge < -0.3 is 4.74 Å². The highest BCUT2D eigenvalue weighted by atomic mass is 16.5. The molecule has 0 aliphatic heterocycles. The minimum atomic E-state index is 0.903. The van der Waals surface area contributed by atoms with Crippen molar-refractivity contribution in [3.05, 3.63) is 58.7 Å². The quantitative estimate of drug-likeness (QED) is 0.755. The van der Waals surface area contributed by atoms with Crippen LogP contribution in [0.2, 0.25) is 0 Å². The maximum Gasteiger partial charge on any atom is 0.118 e. The van der Waals surface area contributed by atoms with E-state index < -0.39 is 0 Å². The minimum absolute atomic E-state index is 0.903. The molecule has 0 radical (unpaired) electrons. The van der Waals surface area contributed by atoms with Gasteiger partial charge in [-0.25, -0.2) is 0 Å². The van der Waals surface area contributed by atoms with E-state index in [-0.39, 0.29) is 0 Å². The average molecular weight is 250 g/mol. The molecule has 19 heavy (non-hydrogen) atoms. The van der Waals surface area contributed by atoms with Crippen LogP contribution >= 0.6 is 0 Å². The van der Waals surface area contributed by atoms with E-state index in [2.05, 4.69) is 44.2 Å². The lowest BCUT2D eigenvalue weighted by Gasteiger charge is -2.10. The van der Waals surface area contributed by atoms with E-state index in [9.17, 15) is 0 Å². The number of hydrogen-bond acceptors (Lipinski definition) is 1. The van der Waals surface area contributed by atoms with Crippen molar-refractivity contribution in [1.82, 2.24) is 0 Å². The summed E-state index contributed by atoms with van der Waals surface area (Å²) in [6.07, 6.45) is 3.40. The number of methoxy groups -OCH3 is 1. The smallest absolute Gasteiger partial charge is 0.118 e. The zero-order valence-electron chi connectivity index (χ0n) is 11.7. The number of ether oxygens (including phenoxy) is 1. The van der Waals surface area contributed by atoms with Crippen molar-refractivity contribution < 1.29 is 4.74 Å². The van der Waals surface area contributed by atoms with E-state index in [0.717, 1.165) is 12.2 Å². The van der Waals surface area contributed by atoms with Gasteiger partial charge in [0, 0.05) is 0 Å². The Morgan fingerprint density at radius 3 is 2.42 bits per heavy atom. The molecule has 0 unspecified atom stereocenters. The number of aryl methyl sites for hydroxylation is 1. The summed E-state index contributed by atoms with van der Waals surface area (Å²) >= 11 is 0. The lowest BCUT2D eigenvalue weighted by molar-refractivity contribution is 0.415. The zero-order valence-corrected chi connectivity index (χ0v) is 11.7. The second kappa shape index (κ2) is 4.58. The van der Waals surface area contributed by atoms with Crippen molar-refractivity contribution >= 4 is 6.08 Å².